The van der Waals surface area contributed by atoms with E-state index in [1.807, 2.05) is 0 Å². The van der Waals surface area contributed by atoms with E-state index in [4.69, 9.17) is 50.5 Å². The molecule has 5 N–H and O–H groups in total. The Bertz CT molecular complexity index is 3160. The van der Waals surface area contributed by atoms with Crippen LogP contribution in [-0.2, 0) is 236 Å². The third kappa shape index (κ3) is 91.2. The summed E-state index contributed by atoms with van der Waals surface area (Å²) in [5.41, 5.74) is 0. The molecule has 0 radical (unpaired) electrons. The molecule has 54 nitrogen and oxygen atoms in total. The number of carbonyl (C=O) groups is 21. The Morgan fingerprint density at radius 3 is 0.977 bits per heavy atom. The van der Waals surface area contributed by atoms with E-state index in [1.54, 1.807) is 34.6 Å². The third-order valence-electron chi connectivity index (χ3n) is 11.4. The molecule has 0 aromatic carbocycles. The summed E-state index contributed by atoms with van der Waals surface area (Å²) in [6.45, 7) is 12.0. The highest BCUT2D eigenvalue weighted by atomic mass is 32.4. The molecular formula is C73H121O54PS. The molecule has 4 heterocycles. The van der Waals surface area contributed by atoms with Crippen molar-refractivity contribution in [3.05, 3.63) is 0 Å². The maximum absolute atomic E-state index is 11.7. The number of cyclic esters (lactones) is 7. The SMILES string of the molecule is C.C.C.CC1OC(=O)C(C)OC1=O.CCO.CCOC(=O)COCCO.CCOC(=O)COCCOC(=O)COC(=O)CO.CCOC(=O)COCCOC(=O)COC(=O)COC(=O)C(C)OC(=O)C(C)O.CCOC(=O)COCCOC(=O)COC(=O)COC(=O)C(C)OC(=O)C(C)OC(=O)OCO.O=C1COC(=O)CO1.O=C1COCCO1.O=C1OCCCO1.[2H]P=S. The first-order valence-electron chi connectivity index (χ1n) is 37.2. The van der Waals surface area contributed by atoms with E-state index < -0.39 is 203 Å². The normalized spacial score (nSPS) is 14.1. The molecule has 0 spiro atoms. The first-order chi connectivity index (χ1) is 60.2. The Hall–Kier alpha value is -11.4. The number of esters is 19. The molecule has 4 aliphatic rings. The Morgan fingerprint density at radius 1 is 0.388 bits per heavy atom. The Morgan fingerprint density at radius 2 is 0.698 bits per heavy atom. The van der Waals surface area contributed by atoms with Crippen LogP contribution in [0.3, 0.4) is 0 Å². The number of ether oxygens (including phenoxy) is 28. The van der Waals surface area contributed by atoms with Gasteiger partial charge < -0.3 is 158 Å². The van der Waals surface area contributed by atoms with Gasteiger partial charge in [-0.3, -0.25) is 0 Å². The summed E-state index contributed by atoms with van der Waals surface area (Å²) in [5, 5.41) is 41.4. The molecule has 4 aliphatic heterocycles. The highest BCUT2D eigenvalue weighted by Crippen LogP contribution is 2.09. The summed E-state index contributed by atoms with van der Waals surface area (Å²) < 4.78 is 134. The summed E-state index contributed by atoms with van der Waals surface area (Å²) >= 11 is 4.03. The van der Waals surface area contributed by atoms with Crippen LogP contribution in [0.5, 0.6) is 0 Å². The Balaban J connectivity index is -0.000000193. The number of hydrogen-bond acceptors (Lipinski definition) is 55. The zero-order valence-electron chi connectivity index (χ0n) is 71.7. The molecule has 56 heteroatoms. The highest BCUT2D eigenvalue weighted by molar-refractivity contribution is 7.88. The summed E-state index contributed by atoms with van der Waals surface area (Å²) in [4.78, 5) is 229. The maximum atomic E-state index is 11.7. The van der Waals surface area contributed by atoms with E-state index in [1.165, 1.54) is 20.8 Å². The topological polar surface area (TPSA) is 718 Å². The van der Waals surface area contributed by atoms with Crippen molar-refractivity contribution in [3.8, 4) is 0 Å². The van der Waals surface area contributed by atoms with E-state index in [2.05, 4.69) is 121 Å². The van der Waals surface area contributed by atoms with Gasteiger partial charge >= 0.3 is 126 Å². The largest absolute Gasteiger partial charge is 0.511 e. The van der Waals surface area contributed by atoms with Gasteiger partial charge in [-0.25, -0.2) is 101 Å². The molecular weight excluding hydrogens is 1800 g/mol. The van der Waals surface area contributed by atoms with E-state index in [0.29, 0.717) is 33.0 Å². The van der Waals surface area contributed by atoms with E-state index in [-0.39, 0.29) is 162 Å². The van der Waals surface area contributed by atoms with Gasteiger partial charge in [0.1, 0.15) is 73.5 Å². The molecule has 0 bridgehead atoms. The average molecular weight is 1930 g/mol. The second-order valence-electron chi connectivity index (χ2n) is 21.7. The number of carbonyl (C=O) groups excluding carboxylic acids is 21. The zero-order chi connectivity index (χ0) is 97.7. The monoisotopic (exact) mass is 1930 g/mol. The van der Waals surface area contributed by atoms with Crippen molar-refractivity contribution in [2.24, 2.45) is 0 Å². The molecule has 4 rings (SSSR count). The van der Waals surface area contributed by atoms with Gasteiger partial charge in [0, 0.05) is 13.0 Å². The van der Waals surface area contributed by atoms with Crippen LogP contribution < -0.4 is 0 Å². The van der Waals surface area contributed by atoms with Crippen molar-refractivity contribution < 1.29 is 259 Å². The summed E-state index contributed by atoms with van der Waals surface area (Å²) in [6, 6.07) is 0. The predicted molar refractivity (Wildman–Crippen MR) is 424 cm³/mol. The second kappa shape index (κ2) is 92.8. The van der Waals surface area contributed by atoms with Crippen LogP contribution >= 0.6 is 7.96 Å². The van der Waals surface area contributed by atoms with Gasteiger partial charge in [0.15, 0.2) is 83.6 Å². The highest BCUT2D eigenvalue weighted by Gasteiger charge is 2.33. The summed E-state index contributed by atoms with van der Waals surface area (Å²) in [6.07, 6.45) is -8.21. The quantitative estimate of drug-likeness (QED) is 0.0133. The average Bonchev–Trinajstić information content (AvgIpc) is 0.872. The minimum atomic E-state index is -1.47. The Kier molecular flexibility index (Phi) is 95.7. The fraction of sp³-hybridized carbons (Fsp3) is 0.712. The lowest BCUT2D eigenvalue weighted by Gasteiger charge is -2.22. The van der Waals surface area contributed by atoms with Crippen LogP contribution in [0.25, 0.3) is 0 Å². The van der Waals surface area contributed by atoms with Crippen molar-refractivity contribution in [2.45, 2.75) is 141 Å². The van der Waals surface area contributed by atoms with Gasteiger partial charge in [0.25, 0.3) is 0 Å². The molecule has 129 heavy (non-hydrogen) atoms. The molecule has 0 amide bonds. The predicted octanol–water partition coefficient (Wildman–Crippen LogP) is -3.12. The molecule has 748 valence electrons. The standard InChI is InChI=1S/C18H26O15.C16H24O12.C10H16O8.C6H8O4.C6H12O4.C4H4O4.2C4H6O3.C2H6O.3CH4.HPS/c1-4-27-13(20)7-26-5-6-28-14(21)8-29-15(22)9-30-16(23)11(2)32-17(24)12(3)33-18(25)31-10-19;1-4-24-12(18)7-23-5-6-25-13(19)8-26-14(20)9-27-16(22)11(3)28-15(21)10(2)17;1-2-16-9(13)6-15-3-4-17-10(14)7-18-8(12)5-11;1-3-5(7)10-4(2)6(8)9-3;1-2-10-6(8)5-9-4-3-7;5-3-1-7-4(6)2-8-3;5-4-3-6-1-2-7-4;5-4-6-2-1-3-7-4;1-2-3;;;;1-2/h11-12,19H,4-10H2,1-3H3;10-11,17H,4-9H2,1-3H3;11H,2-7H2,1H3;3-4H,1-2H3;7H,2-5H2,1H3;1-2H2;2*1-3H2;3H,2H2,1H3;3*1H4;1H/i;;;;;;;;;;;;1D. The molecule has 0 saturated carbocycles. The first-order valence-corrected chi connectivity index (χ1v) is 38.2. The van der Waals surface area contributed by atoms with Gasteiger partial charge in [-0.1, -0.05) is 34.1 Å². The molecule has 0 aromatic heterocycles. The fourth-order valence-electron chi connectivity index (χ4n) is 6.05. The van der Waals surface area contributed by atoms with Crippen molar-refractivity contribution in [1.82, 2.24) is 0 Å². The second-order valence-corrected chi connectivity index (χ2v) is 21.7. The van der Waals surface area contributed by atoms with E-state index >= 15 is 0 Å². The number of rotatable bonds is 42. The van der Waals surface area contributed by atoms with Gasteiger partial charge in [-0.2, -0.15) is 0 Å². The molecule has 0 aliphatic carbocycles. The van der Waals surface area contributed by atoms with Crippen LogP contribution in [0.2, 0.25) is 0 Å². The van der Waals surface area contributed by atoms with Crippen molar-refractivity contribution in [2.75, 3.05) is 205 Å². The third-order valence-corrected chi connectivity index (χ3v) is 11.4. The lowest BCUT2D eigenvalue weighted by Crippen LogP contribution is -2.40. The number of hydrogen-bond donors (Lipinski definition) is 5. The zero-order valence-corrected chi connectivity index (χ0v) is 72.4. The van der Waals surface area contributed by atoms with Gasteiger partial charge in [-0.15, -0.1) is 0 Å². The number of aliphatic hydroxyl groups is 5. The lowest BCUT2D eigenvalue weighted by atomic mass is 10.3. The minimum absolute atomic E-state index is 0. The maximum Gasteiger partial charge on any atom is 0.511 e. The Labute approximate surface area is 749 Å². The van der Waals surface area contributed by atoms with Gasteiger partial charge in [0.2, 0.25) is 0 Å². The summed E-state index contributed by atoms with van der Waals surface area (Å²) in [7, 11) is 0.250. The van der Waals surface area contributed by atoms with Crippen LogP contribution in [0.1, 0.15) is 105 Å². The molecule has 4 saturated heterocycles. The summed E-state index contributed by atoms with van der Waals surface area (Å²) in [5.74, 6) is -14.1. The van der Waals surface area contributed by atoms with Crippen LogP contribution in [0.4, 0.5) is 9.59 Å². The van der Waals surface area contributed by atoms with Crippen LogP contribution in [0, 0.1) is 0 Å². The molecule has 0 aromatic rings. The fourth-order valence-corrected chi connectivity index (χ4v) is 6.05. The van der Waals surface area contributed by atoms with Crippen molar-refractivity contribution >= 4 is 145 Å². The number of aliphatic hydroxyl groups excluding tert-OH is 5. The smallest absolute Gasteiger partial charge is 0.464 e. The first kappa shape index (κ1) is 133. The van der Waals surface area contributed by atoms with E-state index in [0.717, 1.165) is 27.2 Å². The van der Waals surface area contributed by atoms with Crippen molar-refractivity contribution in [1.29, 1.82) is 1.28 Å². The van der Waals surface area contributed by atoms with Crippen LogP contribution in [-0.4, -0.2) is 394 Å². The molecule has 6 unspecified atom stereocenters. The lowest BCUT2D eigenvalue weighted by molar-refractivity contribution is -0.191. The van der Waals surface area contributed by atoms with Gasteiger partial charge in [-0.05, 0) is 84.1 Å². The molecule has 4 fully saturated rings. The van der Waals surface area contributed by atoms with Gasteiger partial charge in [0.05, 0.1) is 79.3 Å². The van der Waals surface area contributed by atoms with Crippen molar-refractivity contribution in [3.63, 3.8) is 0 Å². The molecule has 6 atom stereocenters. The van der Waals surface area contributed by atoms with E-state index in [9.17, 15) is 101 Å². The minimum Gasteiger partial charge on any atom is -0.464 e. The van der Waals surface area contributed by atoms with Crippen LogP contribution in [0.15, 0.2) is 0 Å².